The van der Waals surface area contributed by atoms with Crippen LogP contribution in [-0.2, 0) is 12.4 Å². The minimum Gasteiger partial charge on any atom is -0.438 e. The summed E-state index contributed by atoms with van der Waals surface area (Å²) in [5, 5.41) is 4.73. The monoisotopic (exact) mass is 379 g/mol. The van der Waals surface area contributed by atoms with Crippen LogP contribution < -0.4 is 4.74 Å². The maximum atomic E-state index is 12.6. The number of aromatic nitrogens is 3. The van der Waals surface area contributed by atoms with E-state index in [0.29, 0.717) is 17.5 Å². The van der Waals surface area contributed by atoms with E-state index in [2.05, 4.69) is 10.1 Å². The summed E-state index contributed by atoms with van der Waals surface area (Å²) in [6.07, 6.45) is -7.64. The Bertz CT molecular complexity index is 883. The number of pyridine rings is 1. The Morgan fingerprint density at radius 2 is 1.80 bits per heavy atom. The highest BCUT2D eigenvalue weighted by molar-refractivity contribution is 7.10. The van der Waals surface area contributed by atoms with Gasteiger partial charge >= 0.3 is 12.4 Å². The Hall–Kier alpha value is -2.56. The standard InChI is InChI=1S/C14H7F6N3OS/c15-13(16,17)8-5-21-23(6-8)11-2-1-3-12(22-11)24-9-4-10(25-7-9)14(18,19)20/h1-7H. The molecule has 0 saturated carbocycles. The molecule has 3 aromatic heterocycles. The van der Waals surface area contributed by atoms with Crippen LogP contribution in [0.15, 0.2) is 42.0 Å². The molecule has 0 radical (unpaired) electrons. The van der Waals surface area contributed by atoms with Gasteiger partial charge in [0.2, 0.25) is 5.88 Å². The van der Waals surface area contributed by atoms with Gasteiger partial charge in [0.05, 0.1) is 11.8 Å². The second-order valence-electron chi connectivity index (χ2n) is 4.75. The number of nitrogens with zero attached hydrogens (tertiary/aromatic N) is 3. The van der Waals surface area contributed by atoms with E-state index in [-0.39, 0.29) is 17.4 Å². The summed E-state index contributed by atoms with van der Waals surface area (Å²) >= 11 is 0.462. The second-order valence-corrected chi connectivity index (χ2v) is 5.66. The molecule has 0 aliphatic heterocycles. The van der Waals surface area contributed by atoms with E-state index in [0.717, 1.165) is 22.3 Å². The minimum absolute atomic E-state index is 0.0271. The molecule has 3 heterocycles. The molecule has 0 unspecified atom stereocenters. The first-order valence-corrected chi connectivity index (χ1v) is 7.44. The van der Waals surface area contributed by atoms with Gasteiger partial charge in [0.15, 0.2) is 5.82 Å². The zero-order valence-electron chi connectivity index (χ0n) is 12.0. The van der Waals surface area contributed by atoms with Crippen molar-refractivity contribution in [3.63, 3.8) is 0 Å². The minimum atomic E-state index is -4.54. The van der Waals surface area contributed by atoms with Crippen LogP contribution in [0.3, 0.4) is 0 Å². The summed E-state index contributed by atoms with van der Waals surface area (Å²) in [6, 6.07) is 5.00. The molecule has 0 bridgehead atoms. The fraction of sp³-hybridized carbons (Fsp3) is 0.143. The number of hydrogen-bond acceptors (Lipinski definition) is 4. The highest BCUT2D eigenvalue weighted by atomic mass is 32.1. The van der Waals surface area contributed by atoms with Crippen LogP contribution >= 0.6 is 11.3 Å². The zero-order chi connectivity index (χ0) is 18.2. The van der Waals surface area contributed by atoms with Gasteiger partial charge in [-0.1, -0.05) is 6.07 Å². The topological polar surface area (TPSA) is 39.9 Å². The smallest absolute Gasteiger partial charge is 0.425 e. The van der Waals surface area contributed by atoms with Crippen molar-refractivity contribution in [2.75, 3.05) is 0 Å². The lowest BCUT2D eigenvalue weighted by Gasteiger charge is -2.05. The van der Waals surface area contributed by atoms with E-state index in [4.69, 9.17) is 4.74 Å². The Balaban J connectivity index is 1.82. The maximum absolute atomic E-state index is 12.6. The summed E-state index contributed by atoms with van der Waals surface area (Å²) in [6.45, 7) is 0. The number of hydrogen-bond donors (Lipinski definition) is 0. The largest absolute Gasteiger partial charge is 0.438 e. The highest BCUT2D eigenvalue weighted by Crippen LogP contribution is 2.37. The third kappa shape index (κ3) is 3.92. The summed E-state index contributed by atoms with van der Waals surface area (Å²) in [4.78, 5) is 3.11. The predicted molar refractivity (Wildman–Crippen MR) is 75.8 cm³/mol. The number of alkyl halides is 6. The molecule has 0 fully saturated rings. The highest BCUT2D eigenvalue weighted by Gasteiger charge is 2.33. The van der Waals surface area contributed by atoms with Crippen molar-refractivity contribution in [1.29, 1.82) is 0 Å². The Morgan fingerprint density at radius 3 is 2.40 bits per heavy atom. The molecular weight excluding hydrogens is 372 g/mol. The number of ether oxygens (including phenoxy) is 1. The van der Waals surface area contributed by atoms with Crippen LogP contribution in [-0.4, -0.2) is 14.8 Å². The average molecular weight is 379 g/mol. The Morgan fingerprint density at radius 1 is 1.04 bits per heavy atom. The van der Waals surface area contributed by atoms with Crippen molar-refractivity contribution in [3.8, 4) is 17.4 Å². The summed E-state index contributed by atoms with van der Waals surface area (Å²) < 4.78 is 81.6. The lowest BCUT2D eigenvalue weighted by atomic mass is 10.3. The summed E-state index contributed by atoms with van der Waals surface area (Å²) in [5.41, 5.74) is -0.951. The van der Waals surface area contributed by atoms with E-state index in [1.54, 1.807) is 0 Å². The molecule has 0 atom stereocenters. The van der Waals surface area contributed by atoms with Gasteiger partial charge < -0.3 is 4.74 Å². The number of halogens is 6. The van der Waals surface area contributed by atoms with Crippen molar-refractivity contribution >= 4 is 11.3 Å². The van der Waals surface area contributed by atoms with Crippen molar-refractivity contribution in [1.82, 2.24) is 14.8 Å². The molecule has 4 nitrogen and oxygen atoms in total. The zero-order valence-corrected chi connectivity index (χ0v) is 12.8. The molecule has 11 heteroatoms. The molecule has 0 N–H and O–H groups in total. The number of rotatable bonds is 3. The molecule has 132 valence electrons. The van der Waals surface area contributed by atoms with Crippen LogP contribution in [0, 0.1) is 0 Å². The van der Waals surface area contributed by atoms with Crippen molar-refractivity contribution in [3.05, 3.63) is 52.5 Å². The molecule has 3 aromatic rings. The molecule has 0 aliphatic carbocycles. The first-order valence-electron chi connectivity index (χ1n) is 6.56. The molecule has 0 aliphatic rings. The summed E-state index contributed by atoms with van der Waals surface area (Å²) in [5.74, 6) is -0.120. The van der Waals surface area contributed by atoms with E-state index >= 15 is 0 Å². The molecular formula is C14H7F6N3OS. The third-order valence-electron chi connectivity index (χ3n) is 2.93. The molecule has 3 rings (SSSR count). The van der Waals surface area contributed by atoms with Crippen LogP contribution in [0.2, 0.25) is 0 Å². The van der Waals surface area contributed by atoms with Gasteiger partial charge in [-0.25, -0.2) is 4.68 Å². The van der Waals surface area contributed by atoms with E-state index in [1.807, 2.05) is 0 Å². The molecule has 0 aromatic carbocycles. The quantitative estimate of drug-likeness (QED) is 0.591. The van der Waals surface area contributed by atoms with Crippen LogP contribution in [0.25, 0.3) is 5.82 Å². The molecule has 0 amide bonds. The van der Waals surface area contributed by atoms with E-state index < -0.39 is 22.8 Å². The van der Waals surface area contributed by atoms with Crippen LogP contribution in [0.1, 0.15) is 10.4 Å². The van der Waals surface area contributed by atoms with Gasteiger partial charge in [0, 0.05) is 23.7 Å². The van der Waals surface area contributed by atoms with Crippen LogP contribution in [0.5, 0.6) is 11.6 Å². The van der Waals surface area contributed by atoms with Gasteiger partial charge in [0.1, 0.15) is 10.6 Å². The van der Waals surface area contributed by atoms with Crippen molar-refractivity contribution in [2.24, 2.45) is 0 Å². The van der Waals surface area contributed by atoms with Gasteiger partial charge in [-0.3, -0.25) is 0 Å². The van der Waals surface area contributed by atoms with Gasteiger partial charge in [-0.15, -0.1) is 11.3 Å². The summed E-state index contributed by atoms with van der Waals surface area (Å²) in [7, 11) is 0. The normalized spacial score (nSPS) is 12.4. The van der Waals surface area contributed by atoms with Crippen molar-refractivity contribution in [2.45, 2.75) is 12.4 Å². The SMILES string of the molecule is FC(F)(F)c1cnn(-c2cccc(Oc3csc(C(F)(F)F)c3)n2)c1. The van der Waals surface area contributed by atoms with Gasteiger partial charge in [-0.05, 0) is 6.07 Å². The fourth-order valence-electron chi connectivity index (χ4n) is 1.82. The van der Waals surface area contributed by atoms with Crippen molar-refractivity contribution < 1.29 is 31.1 Å². The van der Waals surface area contributed by atoms with Gasteiger partial charge in [0.25, 0.3) is 0 Å². The molecule has 0 spiro atoms. The first-order chi connectivity index (χ1) is 11.6. The average Bonchev–Trinajstić information content (AvgIpc) is 3.15. The fourth-order valence-corrected chi connectivity index (χ4v) is 2.50. The Kier molecular flexibility index (Phi) is 4.19. The third-order valence-corrected chi connectivity index (χ3v) is 3.88. The lowest BCUT2D eigenvalue weighted by Crippen LogP contribution is -2.03. The molecule has 0 saturated heterocycles. The maximum Gasteiger partial charge on any atom is 0.425 e. The number of thiophene rings is 1. The first kappa shape index (κ1) is 17.3. The van der Waals surface area contributed by atoms with E-state index in [9.17, 15) is 26.3 Å². The molecule has 25 heavy (non-hydrogen) atoms. The second kappa shape index (κ2) is 6.06. The Labute approximate surface area is 140 Å². The van der Waals surface area contributed by atoms with Crippen LogP contribution in [0.4, 0.5) is 26.3 Å². The predicted octanol–water partition coefficient (Wildman–Crippen LogP) is 5.16. The van der Waals surface area contributed by atoms with Gasteiger partial charge in [-0.2, -0.15) is 36.4 Å². The lowest BCUT2D eigenvalue weighted by molar-refractivity contribution is -0.137. The van der Waals surface area contributed by atoms with E-state index in [1.165, 1.54) is 18.2 Å².